The van der Waals surface area contributed by atoms with Gasteiger partial charge in [-0.15, -0.1) is 5.10 Å². The number of H-pyrrole nitrogens is 1. The number of pyridine rings is 1. The predicted molar refractivity (Wildman–Crippen MR) is 133 cm³/mol. The summed E-state index contributed by atoms with van der Waals surface area (Å²) in [4.78, 5) is 25.5. The fourth-order valence-corrected chi connectivity index (χ4v) is 4.33. The number of nitrogens with zero attached hydrogens (tertiary/aromatic N) is 5. The van der Waals surface area contributed by atoms with Crippen molar-refractivity contribution in [1.29, 1.82) is 0 Å². The Balaban J connectivity index is 1.33. The number of methoxy groups -OCH3 is 2. The second-order valence-corrected chi connectivity index (χ2v) is 8.22. The highest BCUT2D eigenvalue weighted by Crippen LogP contribution is 2.24. The van der Waals surface area contributed by atoms with E-state index < -0.39 is 0 Å². The Morgan fingerprint density at radius 2 is 1.77 bits per heavy atom. The first-order chi connectivity index (χ1) is 17.1. The fourth-order valence-electron chi connectivity index (χ4n) is 4.33. The van der Waals surface area contributed by atoms with Crippen molar-refractivity contribution in [2.45, 2.75) is 13.0 Å². The maximum Gasteiger partial charge on any atom is 0.261 e. The average molecular weight is 467 g/mol. The van der Waals surface area contributed by atoms with Crippen molar-refractivity contribution in [3.63, 3.8) is 0 Å². The average Bonchev–Trinajstić information content (AvgIpc) is 3.52. The van der Waals surface area contributed by atoms with Gasteiger partial charge in [0.25, 0.3) is 11.3 Å². The van der Waals surface area contributed by atoms with E-state index in [0.29, 0.717) is 35.5 Å². The summed E-state index contributed by atoms with van der Waals surface area (Å²) in [6.45, 7) is 0.533. The number of rotatable bonds is 6. The highest BCUT2D eigenvalue weighted by atomic mass is 16.5. The molecule has 35 heavy (non-hydrogen) atoms. The summed E-state index contributed by atoms with van der Waals surface area (Å²) in [5.41, 5.74) is 3.56. The van der Waals surface area contributed by atoms with Crippen LogP contribution in [0.2, 0.25) is 0 Å². The molecule has 6 aromatic rings. The van der Waals surface area contributed by atoms with Gasteiger partial charge in [0, 0.05) is 41.6 Å². The molecular weight excluding hydrogens is 444 g/mol. The fraction of sp³-hybridized carbons (Fsp3) is 0.154. The van der Waals surface area contributed by atoms with Crippen LogP contribution in [0.15, 0.2) is 71.9 Å². The third kappa shape index (κ3) is 3.57. The van der Waals surface area contributed by atoms with E-state index in [1.165, 1.54) is 0 Å². The highest BCUT2D eigenvalue weighted by molar-refractivity contribution is 5.84. The molecule has 6 rings (SSSR count). The van der Waals surface area contributed by atoms with Crippen LogP contribution in [0.5, 0.6) is 11.5 Å². The van der Waals surface area contributed by atoms with Crippen LogP contribution in [0, 0.1) is 0 Å². The number of hydrogen-bond acceptors (Lipinski definition) is 6. The summed E-state index contributed by atoms with van der Waals surface area (Å²) in [6, 6.07) is 15.3. The summed E-state index contributed by atoms with van der Waals surface area (Å²) in [6.07, 6.45) is 6.05. The first-order valence-electron chi connectivity index (χ1n) is 11.2. The highest BCUT2D eigenvalue weighted by Gasteiger charge is 2.13. The van der Waals surface area contributed by atoms with Gasteiger partial charge in [0.1, 0.15) is 11.5 Å². The SMILES string of the molecule is COc1ccc(-c2nc3ncc4c(=O)n(CCc5c[nH]c6ccc(OC)cc56)ccc4n3n2)cc1. The maximum absolute atomic E-state index is 13.3. The largest absolute Gasteiger partial charge is 0.497 e. The predicted octanol–water partition coefficient (Wildman–Crippen LogP) is 3.85. The molecule has 174 valence electrons. The van der Waals surface area contributed by atoms with E-state index in [1.807, 2.05) is 54.7 Å². The number of hydrogen-bond donors (Lipinski definition) is 1. The minimum atomic E-state index is -0.115. The van der Waals surface area contributed by atoms with Crippen molar-refractivity contribution in [2.75, 3.05) is 14.2 Å². The Kier molecular flexibility index (Phi) is 4.95. The van der Waals surface area contributed by atoms with Crippen LogP contribution < -0.4 is 15.0 Å². The lowest BCUT2D eigenvalue weighted by molar-refractivity contribution is 0.415. The lowest BCUT2D eigenvalue weighted by Crippen LogP contribution is -2.21. The van der Waals surface area contributed by atoms with E-state index in [0.717, 1.165) is 33.5 Å². The molecule has 0 atom stereocenters. The molecule has 0 saturated heterocycles. The summed E-state index contributed by atoms with van der Waals surface area (Å²) in [5, 5.41) is 6.20. The molecule has 0 radical (unpaired) electrons. The van der Waals surface area contributed by atoms with Crippen LogP contribution in [0.1, 0.15) is 5.56 Å². The first kappa shape index (κ1) is 20.9. The molecule has 4 aromatic heterocycles. The van der Waals surface area contributed by atoms with Crippen molar-refractivity contribution < 1.29 is 9.47 Å². The number of fused-ring (bicyclic) bond motifs is 4. The van der Waals surface area contributed by atoms with E-state index >= 15 is 0 Å². The van der Waals surface area contributed by atoms with Gasteiger partial charge in [0.15, 0.2) is 5.82 Å². The molecule has 0 aliphatic rings. The lowest BCUT2D eigenvalue weighted by Gasteiger charge is -2.08. The molecule has 0 amide bonds. The number of ether oxygens (including phenoxy) is 2. The Morgan fingerprint density at radius 3 is 2.57 bits per heavy atom. The Hall–Kier alpha value is -4.66. The molecule has 4 heterocycles. The van der Waals surface area contributed by atoms with Gasteiger partial charge in [-0.2, -0.15) is 9.50 Å². The molecular formula is C26H22N6O3. The van der Waals surface area contributed by atoms with E-state index in [2.05, 4.69) is 20.1 Å². The first-order valence-corrected chi connectivity index (χ1v) is 11.2. The van der Waals surface area contributed by atoms with Crippen molar-refractivity contribution in [2.24, 2.45) is 0 Å². The second-order valence-electron chi connectivity index (χ2n) is 8.22. The van der Waals surface area contributed by atoms with Crippen molar-refractivity contribution in [3.8, 4) is 22.9 Å². The lowest BCUT2D eigenvalue weighted by atomic mass is 10.1. The summed E-state index contributed by atoms with van der Waals surface area (Å²) < 4.78 is 13.9. The molecule has 0 aliphatic carbocycles. The van der Waals surface area contributed by atoms with Gasteiger partial charge in [0.05, 0.1) is 25.1 Å². The monoisotopic (exact) mass is 466 g/mol. The normalized spacial score (nSPS) is 11.5. The molecule has 0 spiro atoms. The van der Waals surface area contributed by atoms with Crippen LogP contribution >= 0.6 is 0 Å². The van der Waals surface area contributed by atoms with E-state index in [-0.39, 0.29) is 5.56 Å². The van der Waals surface area contributed by atoms with Crippen LogP contribution in [-0.2, 0) is 13.0 Å². The second kappa shape index (κ2) is 8.28. The van der Waals surface area contributed by atoms with Gasteiger partial charge in [0.2, 0.25) is 0 Å². The molecule has 1 N–H and O–H groups in total. The minimum absolute atomic E-state index is 0.115. The van der Waals surface area contributed by atoms with Gasteiger partial charge in [-0.25, -0.2) is 4.98 Å². The van der Waals surface area contributed by atoms with Crippen LogP contribution in [0.3, 0.4) is 0 Å². The van der Waals surface area contributed by atoms with Gasteiger partial charge in [-0.05, 0) is 60.5 Å². The Morgan fingerprint density at radius 1 is 0.971 bits per heavy atom. The molecule has 0 fully saturated rings. The zero-order chi connectivity index (χ0) is 23.9. The molecule has 0 unspecified atom stereocenters. The molecule has 0 aliphatic heterocycles. The van der Waals surface area contributed by atoms with Gasteiger partial charge in [-0.3, -0.25) is 4.79 Å². The number of benzene rings is 2. The van der Waals surface area contributed by atoms with Crippen molar-refractivity contribution in [3.05, 3.63) is 83.0 Å². The van der Waals surface area contributed by atoms with Crippen molar-refractivity contribution >= 4 is 27.6 Å². The molecule has 9 nitrogen and oxygen atoms in total. The van der Waals surface area contributed by atoms with E-state index in [9.17, 15) is 4.79 Å². The topological polar surface area (TPSA) is 99.3 Å². The number of aromatic amines is 1. The zero-order valence-corrected chi connectivity index (χ0v) is 19.2. The standard InChI is InChI=1S/C26H22N6O3/c1-34-18-5-3-16(4-6-18)24-29-26-28-15-21-23(32(26)30-24)10-12-31(25(21)33)11-9-17-14-27-22-8-7-19(35-2)13-20(17)22/h3-8,10,12-15,27H,9,11H2,1-2H3. The van der Waals surface area contributed by atoms with Crippen LogP contribution in [0.4, 0.5) is 0 Å². The maximum atomic E-state index is 13.3. The summed E-state index contributed by atoms with van der Waals surface area (Å²) >= 11 is 0. The minimum Gasteiger partial charge on any atom is -0.497 e. The zero-order valence-electron chi connectivity index (χ0n) is 19.2. The van der Waals surface area contributed by atoms with Gasteiger partial charge >= 0.3 is 0 Å². The summed E-state index contributed by atoms with van der Waals surface area (Å²) in [5.74, 6) is 2.53. The third-order valence-corrected chi connectivity index (χ3v) is 6.25. The third-order valence-electron chi connectivity index (χ3n) is 6.25. The number of nitrogens with one attached hydrogen (secondary N) is 1. The molecule has 9 heteroatoms. The molecule has 0 saturated carbocycles. The van der Waals surface area contributed by atoms with Crippen LogP contribution in [-0.4, -0.2) is 43.4 Å². The number of aromatic nitrogens is 6. The van der Waals surface area contributed by atoms with Crippen LogP contribution in [0.25, 0.3) is 39.0 Å². The molecule has 0 bridgehead atoms. The number of aryl methyl sites for hydroxylation is 2. The van der Waals surface area contributed by atoms with E-state index in [4.69, 9.17) is 9.47 Å². The quantitative estimate of drug-likeness (QED) is 0.400. The smallest absolute Gasteiger partial charge is 0.261 e. The van der Waals surface area contributed by atoms with Crippen molar-refractivity contribution in [1.82, 2.24) is 29.1 Å². The molecule has 2 aromatic carbocycles. The summed E-state index contributed by atoms with van der Waals surface area (Å²) in [7, 11) is 3.28. The Labute approximate surface area is 199 Å². The van der Waals surface area contributed by atoms with Gasteiger partial charge < -0.3 is 19.0 Å². The van der Waals surface area contributed by atoms with Gasteiger partial charge in [-0.1, -0.05) is 0 Å². The Bertz CT molecular complexity index is 1750. The van der Waals surface area contributed by atoms with E-state index in [1.54, 1.807) is 35.7 Å².